The Morgan fingerprint density at radius 3 is 2.50 bits per heavy atom. The van der Waals surface area contributed by atoms with E-state index in [4.69, 9.17) is 10.5 Å². The van der Waals surface area contributed by atoms with E-state index in [-0.39, 0.29) is 23.9 Å². The summed E-state index contributed by atoms with van der Waals surface area (Å²) in [4.78, 5) is 11.6. The second kappa shape index (κ2) is 5.32. The summed E-state index contributed by atoms with van der Waals surface area (Å²) in [5.41, 5.74) is 5.87. The number of ether oxygens (including phenoxy) is 1. The number of nitrogens with one attached hydrogen (secondary N) is 1. The van der Waals surface area contributed by atoms with Gasteiger partial charge in [0.1, 0.15) is 0 Å². The minimum Gasteiger partial charge on any atom is -0.381 e. The number of rotatable bonds is 3. The predicted molar refractivity (Wildman–Crippen MR) is 54.8 cm³/mol. The molecule has 14 heavy (non-hydrogen) atoms. The van der Waals surface area contributed by atoms with Gasteiger partial charge in [0.25, 0.3) is 0 Å². The lowest BCUT2D eigenvalue weighted by atomic mass is 9.92. The summed E-state index contributed by atoms with van der Waals surface area (Å²) in [6.45, 7) is 5.34. The minimum atomic E-state index is -0.374. The second-order valence-corrected chi connectivity index (χ2v) is 4.14. The average molecular weight is 200 g/mol. The highest BCUT2D eigenvalue weighted by molar-refractivity contribution is 5.82. The lowest BCUT2D eigenvalue weighted by molar-refractivity contribution is -0.124. The quantitative estimate of drug-likeness (QED) is 0.687. The lowest BCUT2D eigenvalue weighted by Gasteiger charge is -2.27. The maximum Gasteiger partial charge on any atom is 0.237 e. The zero-order valence-corrected chi connectivity index (χ0v) is 8.95. The van der Waals surface area contributed by atoms with Crippen molar-refractivity contribution in [1.82, 2.24) is 5.32 Å². The zero-order chi connectivity index (χ0) is 10.6. The van der Waals surface area contributed by atoms with Crippen LogP contribution in [0.4, 0.5) is 0 Å². The number of hydrogen-bond donors (Lipinski definition) is 2. The first kappa shape index (κ1) is 11.5. The molecule has 0 aliphatic carbocycles. The van der Waals surface area contributed by atoms with Crippen LogP contribution in [-0.4, -0.2) is 31.2 Å². The molecule has 0 aromatic heterocycles. The Morgan fingerprint density at radius 2 is 2.00 bits per heavy atom. The molecule has 1 atom stereocenters. The van der Waals surface area contributed by atoms with Gasteiger partial charge in [0, 0.05) is 19.3 Å². The summed E-state index contributed by atoms with van der Waals surface area (Å²) in [6, 6.07) is -0.213. The fraction of sp³-hybridized carbons (Fsp3) is 0.900. The Labute approximate surface area is 85.2 Å². The van der Waals surface area contributed by atoms with Crippen molar-refractivity contribution in [2.24, 2.45) is 11.7 Å². The van der Waals surface area contributed by atoms with Gasteiger partial charge in [-0.05, 0) is 32.6 Å². The van der Waals surface area contributed by atoms with Crippen LogP contribution in [0.5, 0.6) is 0 Å². The van der Waals surface area contributed by atoms with Crippen LogP contribution in [0.2, 0.25) is 0 Å². The first-order valence-corrected chi connectivity index (χ1v) is 5.25. The number of amides is 1. The Hall–Kier alpha value is -0.610. The summed E-state index contributed by atoms with van der Waals surface area (Å²) in [6.07, 6.45) is 1.79. The molecule has 4 nitrogen and oxygen atoms in total. The largest absolute Gasteiger partial charge is 0.381 e. The SMILES string of the molecule is CC(C)NC(=O)C(N)C1CCOCC1. The second-order valence-electron chi connectivity index (χ2n) is 4.14. The molecule has 3 N–H and O–H groups in total. The van der Waals surface area contributed by atoms with E-state index in [0.29, 0.717) is 0 Å². The molecule has 1 heterocycles. The molecule has 0 aromatic rings. The Bertz CT molecular complexity index is 189. The van der Waals surface area contributed by atoms with Gasteiger partial charge < -0.3 is 15.8 Å². The summed E-state index contributed by atoms with van der Waals surface area (Å²) in [5.74, 6) is 0.245. The van der Waals surface area contributed by atoms with Gasteiger partial charge in [0.2, 0.25) is 5.91 Å². The van der Waals surface area contributed by atoms with Crippen LogP contribution in [0.1, 0.15) is 26.7 Å². The summed E-state index contributed by atoms with van der Waals surface area (Å²) < 4.78 is 5.22. The molecular formula is C10H20N2O2. The molecule has 0 bridgehead atoms. The lowest BCUT2D eigenvalue weighted by Crippen LogP contribution is -2.48. The molecule has 1 amide bonds. The van der Waals surface area contributed by atoms with Gasteiger partial charge in [0.15, 0.2) is 0 Å². The van der Waals surface area contributed by atoms with Crippen LogP contribution in [-0.2, 0) is 9.53 Å². The van der Waals surface area contributed by atoms with Crippen molar-refractivity contribution in [3.63, 3.8) is 0 Å². The third-order valence-electron chi connectivity index (χ3n) is 2.51. The van der Waals surface area contributed by atoms with Crippen molar-refractivity contribution < 1.29 is 9.53 Å². The molecule has 0 spiro atoms. The topological polar surface area (TPSA) is 64.4 Å². The van der Waals surface area contributed by atoms with Gasteiger partial charge in [-0.15, -0.1) is 0 Å². The van der Waals surface area contributed by atoms with Gasteiger partial charge in [-0.2, -0.15) is 0 Å². The van der Waals surface area contributed by atoms with Crippen LogP contribution in [0.25, 0.3) is 0 Å². The fourth-order valence-corrected chi connectivity index (χ4v) is 1.67. The normalized spacial score (nSPS) is 20.9. The van der Waals surface area contributed by atoms with Crippen molar-refractivity contribution >= 4 is 5.91 Å². The van der Waals surface area contributed by atoms with E-state index < -0.39 is 0 Å². The smallest absolute Gasteiger partial charge is 0.237 e. The molecule has 1 unspecified atom stereocenters. The van der Waals surface area contributed by atoms with Crippen LogP contribution in [0.15, 0.2) is 0 Å². The van der Waals surface area contributed by atoms with E-state index in [0.717, 1.165) is 26.1 Å². The molecule has 0 radical (unpaired) electrons. The Morgan fingerprint density at radius 1 is 1.43 bits per heavy atom. The maximum atomic E-state index is 11.6. The minimum absolute atomic E-state index is 0.0353. The Kier molecular flexibility index (Phi) is 4.35. The predicted octanol–water partition coefficient (Wildman–Crippen LogP) is 0.265. The molecule has 4 heteroatoms. The standard InChI is InChI=1S/C10H20N2O2/c1-7(2)12-10(13)9(11)8-3-5-14-6-4-8/h7-9H,3-6,11H2,1-2H3,(H,12,13). The number of carbonyl (C=O) groups is 1. The van der Waals surface area contributed by atoms with Gasteiger partial charge >= 0.3 is 0 Å². The van der Waals surface area contributed by atoms with E-state index in [1.165, 1.54) is 0 Å². The van der Waals surface area contributed by atoms with Gasteiger partial charge in [-0.1, -0.05) is 0 Å². The highest BCUT2D eigenvalue weighted by Crippen LogP contribution is 2.17. The highest BCUT2D eigenvalue weighted by Gasteiger charge is 2.26. The van der Waals surface area contributed by atoms with Gasteiger partial charge in [-0.25, -0.2) is 0 Å². The molecule has 1 aliphatic rings. The summed E-state index contributed by atoms with van der Waals surface area (Å²) in [7, 11) is 0. The third-order valence-corrected chi connectivity index (χ3v) is 2.51. The fourth-order valence-electron chi connectivity index (χ4n) is 1.67. The summed E-state index contributed by atoms with van der Waals surface area (Å²) in [5, 5.41) is 2.84. The molecular weight excluding hydrogens is 180 g/mol. The van der Waals surface area contributed by atoms with Crippen molar-refractivity contribution in [2.45, 2.75) is 38.8 Å². The van der Waals surface area contributed by atoms with E-state index in [1.807, 2.05) is 13.8 Å². The van der Waals surface area contributed by atoms with E-state index >= 15 is 0 Å². The van der Waals surface area contributed by atoms with E-state index in [9.17, 15) is 4.79 Å². The first-order valence-electron chi connectivity index (χ1n) is 5.25. The highest BCUT2D eigenvalue weighted by atomic mass is 16.5. The molecule has 1 rings (SSSR count). The number of carbonyl (C=O) groups excluding carboxylic acids is 1. The van der Waals surface area contributed by atoms with Crippen LogP contribution in [0.3, 0.4) is 0 Å². The van der Waals surface area contributed by atoms with Crippen molar-refractivity contribution in [2.75, 3.05) is 13.2 Å². The third kappa shape index (κ3) is 3.27. The van der Waals surface area contributed by atoms with E-state index in [2.05, 4.69) is 5.32 Å². The van der Waals surface area contributed by atoms with Gasteiger partial charge in [0.05, 0.1) is 6.04 Å². The van der Waals surface area contributed by atoms with Crippen molar-refractivity contribution in [3.8, 4) is 0 Å². The monoisotopic (exact) mass is 200 g/mol. The van der Waals surface area contributed by atoms with Crippen LogP contribution in [0, 0.1) is 5.92 Å². The van der Waals surface area contributed by atoms with Crippen molar-refractivity contribution in [3.05, 3.63) is 0 Å². The molecule has 1 fully saturated rings. The van der Waals surface area contributed by atoms with Crippen molar-refractivity contribution in [1.29, 1.82) is 0 Å². The van der Waals surface area contributed by atoms with Crippen LogP contribution >= 0.6 is 0 Å². The molecule has 0 saturated carbocycles. The number of nitrogens with two attached hydrogens (primary N) is 1. The average Bonchev–Trinajstić information content (AvgIpc) is 2.17. The first-order chi connectivity index (χ1) is 6.61. The van der Waals surface area contributed by atoms with E-state index in [1.54, 1.807) is 0 Å². The zero-order valence-electron chi connectivity index (χ0n) is 8.95. The maximum absolute atomic E-state index is 11.6. The van der Waals surface area contributed by atoms with Gasteiger partial charge in [-0.3, -0.25) is 4.79 Å². The molecule has 1 aliphatic heterocycles. The molecule has 0 aromatic carbocycles. The number of hydrogen-bond acceptors (Lipinski definition) is 3. The molecule has 82 valence electrons. The summed E-state index contributed by atoms with van der Waals surface area (Å²) >= 11 is 0. The van der Waals surface area contributed by atoms with Crippen LogP contribution < -0.4 is 11.1 Å². The Balaban J connectivity index is 2.38. The molecule has 1 saturated heterocycles.